The van der Waals surface area contributed by atoms with Gasteiger partial charge >= 0.3 is 12.1 Å². The minimum atomic E-state index is -1.74. The Morgan fingerprint density at radius 3 is 2.00 bits per heavy atom. The molecule has 18 heteroatoms. The van der Waals surface area contributed by atoms with Gasteiger partial charge in [-0.15, -0.1) is 0 Å². The molecule has 298 valence electrons. The fourth-order valence-corrected chi connectivity index (χ4v) is 7.54. The van der Waals surface area contributed by atoms with Crippen molar-refractivity contribution in [1.29, 1.82) is 0 Å². The zero-order valence-corrected chi connectivity index (χ0v) is 30.2. The van der Waals surface area contributed by atoms with Crippen molar-refractivity contribution in [3.8, 4) is 11.1 Å². The van der Waals surface area contributed by atoms with Crippen molar-refractivity contribution in [3.05, 3.63) is 59.7 Å². The molecule has 9 N–H and O–H groups in total. The summed E-state index contributed by atoms with van der Waals surface area (Å²) in [6.07, 6.45) is -12.5. The number of nitrogens with one attached hydrogen (secondary N) is 3. The average molecular weight is 771 g/mol. The van der Waals surface area contributed by atoms with Gasteiger partial charge in [0.15, 0.2) is 11.9 Å². The SMILES string of the molecule is CC1(C)O[C@@H]2[C@H](O1)[C@@H](CNC(=O)CC[C@H](NC(=O)OCC1c3ccccc3-c3ccccc31)C(=O)O)O[C@H]2CC(=O)NC[C@@H]1O[C@H](C(N)=O)[C@@H](O)[C@H](O)[C@H]1O. The average Bonchev–Trinajstić information content (AvgIpc) is 3.75. The van der Waals surface area contributed by atoms with Crippen LogP contribution in [-0.2, 0) is 42.9 Å². The summed E-state index contributed by atoms with van der Waals surface area (Å²) in [6, 6.07) is 14.2. The molecule has 4 amide bonds. The monoisotopic (exact) mass is 770 g/mol. The van der Waals surface area contributed by atoms with Crippen molar-refractivity contribution in [1.82, 2.24) is 16.0 Å². The molecule has 4 aliphatic rings. The Morgan fingerprint density at radius 2 is 1.38 bits per heavy atom. The van der Waals surface area contributed by atoms with Gasteiger partial charge in [-0.25, -0.2) is 9.59 Å². The van der Waals surface area contributed by atoms with Gasteiger partial charge in [0.2, 0.25) is 17.7 Å². The summed E-state index contributed by atoms with van der Waals surface area (Å²) in [5.74, 6) is -4.71. The summed E-state index contributed by atoms with van der Waals surface area (Å²) in [6.45, 7) is 2.97. The predicted octanol–water partition coefficient (Wildman–Crippen LogP) is -0.996. The van der Waals surface area contributed by atoms with Gasteiger partial charge in [-0.3, -0.25) is 14.4 Å². The number of alkyl carbamates (subject to hydrolysis) is 1. The molecule has 0 aromatic heterocycles. The molecule has 6 rings (SSSR count). The third kappa shape index (κ3) is 8.91. The summed E-state index contributed by atoms with van der Waals surface area (Å²) < 4.78 is 28.9. The summed E-state index contributed by atoms with van der Waals surface area (Å²) in [5.41, 5.74) is 9.31. The number of benzene rings is 2. The number of carbonyl (C=O) groups is 5. The maximum atomic E-state index is 12.9. The molecule has 2 aromatic carbocycles. The van der Waals surface area contributed by atoms with E-state index >= 15 is 0 Å². The topological polar surface area (TPSA) is 275 Å². The van der Waals surface area contributed by atoms with Crippen LogP contribution in [0.15, 0.2) is 48.5 Å². The Bertz CT molecular complexity index is 1730. The second-order valence-electron chi connectivity index (χ2n) is 14.5. The van der Waals surface area contributed by atoms with Crippen molar-refractivity contribution < 1.29 is 68.1 Å². The standard InChI is InChI=1S/C37H46N4O14/c1-37(2)54-31-23(13-27(43)40-14-24-28(44)29(45)30(46)33(53-24)34(38)47)52-25(32(31)55-37)15-39-26(42)12-11-22(35(48)49)41-36(50)51-16-21-19-9-5-3-7-17(19)18-8-4-6-10-20(18)21/h3-10,21-25,28-33,44-46H,11-16H2,1-2H3,(H2,38,47)(H,39,42)(H,40,43)(H,41,50)(H,48,49)/t22-,23-,24-,25+,28-,29+,30-,31-,32+,33-/m0/s1. The summed E-state index contributed by atoms with van der Waals surface area (Å²) in [4.78, 5) is 62.1. The van der Waals surface area contributed by atoms with E-state index in [1.54, 1.807) is 13.8 Å². The van der Waals surface area contributed by atoms with Gasteiger partial charge in [0.25, 0.3) is 0 Å². The number of aliphatic hydroxyl groups excluding tert-OH is 3. The van der Waals surface area contributed by atoms with Crippen LogP contribution in [-0.4, -0.2) is 137 Å². The molecule has 1 aliphatic carbocycles. The molecule has 3 fully saturated rings. The molecule has 3 saturated heterocycles. The third-order valence-electron chi connectivity index (χ3n) is 10.2. The number of carboxylic acid groups (broad SMARTS) is 1. The smallest absolute Gasteiger partial charge is 0.407 e. The zero-order chi connectivity index (χ0) is 39.6. The van der Waals surface area contributed by atoms with Crippen LogP contribution in [0.2, 0.25) is 0 Å². The van der Waals surface area contributed by atoms with Crippen molar-refractivity contribution in [2.45, 2.75) is 106 Å². The summed E-state index contributed by atoms with van der Waals surface area (Å²) in [7, 11) is 0. The van der Waals surface area contributed by atoms with E-state index in [-0.39, 0.29) is 44.9 Å². The summed E-state index contributed by atoms with van der Waals surface area (Å²) >= 11 is 0. The van der Waals surface area contributed by atoms with E-state index in [0.717, 1.165) is 22.3 Å². The molecule has 55 heavy (non-hydrogen) atoms. The van der Waals surface area contributed by atoms with Gasteiger partial charge in [-0.05, 0) is 42.5 Å². The van der Waals surface area contributed by atoms with Crippen LogP contribution in [0.25, 0.3) is 11.1 Å². The lowest BCUT2D eigenvalue weighted by atomic mass is 9.94. The lowest BCUT2D eigenvalue weighted by Gasteiger charge is -2.39. The van der Waals surface area contributed by atoms with Crippen LogP contribution in [0.5, 0.6) is 0 Å². The molecule has 10 atom stereocenters. The number of hydrogen-bond acceptors (Lipinski definition) is 13. The number of rotatable bonds is 14. The maximum absolute atomic E-state index is 12.9. The van der Waals surface area contributed by atoms with Crippen LogP contribution in [0.3, 0.4) is 0 Å². The second kappa shape index (κ2) is 16.6. The van der Waals surface area contributed by atoms with Crippen molar-refractivity contribution >= 4 is 29.8 Å². The van der Waals surface area contributed by atoms with Gasteiger partial charge in [-0.1, -0.05) is 48.5 Å². The van der Waals surface area contributed by atoms with E-state index < -0.39 is 96.5 Å². The Hall–Kier alpha value is -4.69. The molecule has 2 aromatic rings. The Morgan fingerprint density at radius 1 is 0.800 bits per heavy atom. The number of primary amides is 1. The first-order chi connectivity index (χ1) is 26.1. The molecule has 0 unspecified atom stereocenters. The molecule has 0 radical (unpaired) electrons. The van der Waals surface area contributed by atoms with Gasteiger partial charge < -0.3 is 65.8 Å². The quantitative estimate of drug-likeness (QED) is 0.115. The maximum Gasteiger partial charge on any atom is 0.407 e. The Labute approximate surface area is 315 Å². The van der Waals surface area contributed by atoms with E-state index in [1.165, 1.54) is 0 Å². The summed E-state index contributed by atoms with van der Waals surface area (Å²) in [5, 5.41) is 47.7. The first kappa shape index (κ1) is 40.0. The number of amides is 4. The van der Waals surface area contributed by atoms with Crippen LogP contribution >= 0.6 is 0 Å². The van der Waals surface area contributed by atoms with E-state index in [1.807, 2.05) is 48.5 Å². The molecule has 0 bridgehead atoms. The lowest BCUT2D eigenvalue weighted by Crippen LogP contribution is -2.63. The van der Waals surface area contributed by atoms with Gasteiger partial charge in [0, 0.05) is 25.4 Å². The molecule has 0 saturated carbocycles. The van der Waals surface area contributed by atoms with E-state index in [4.69, 9.17) is 29.4 Å². The van der Waals surface area contributed by atoms with E-state index in [2.05, 4.69) is 16.0 Å². The Kier molecular flexibility index (Phi) is 12.1. The predicted molar refractivity (Wildman–Crippen MR) is 188 cm³/mol. The number of carbonyl (C=O) groups excluding carboxylic acids is 4. The molecule has 3 heterocycles. The number of hydrogen-bond donors (Lipinski definition) is 8. The number of nitrogens with two attached hydrogens (primary N) is 1. The number of aliphatic carboxylic acids is 1. The van der Waals surface area contributed by atoms with Crippen molar-refractivity contribution in [2.75, 3.05) is 19.7 Å². The number of fused-ring (bicyclic) bond motifs is 4. The largest absolute Gasteiger partial charge is 0.480 e. The van der Waals surface area contributed by atoms with E-state index in [9.17, 15) is 44.4 Å². The van der Waals surface area contributed by atoms with E-state index in [0.29, 0.717) is 0 Å². The normalized spacial score (nSPS) is 29.7. The number of carboxylic acids is 1. The lowest BCUT2D eigenvalue weighted by molar-refractivity contribution is -0.218. The minimum absolute atomic E-state index is 0.00788. The van der Waals surface area contributed by atoms with Crippen LogP contribution in [0, 0.1) is 0 Å². The number of ether oxygens (including phenoxy) is 5. The first-order valence-electron chi connectivity index (χ1n) is 18.0. The van der Waals surface area contributed by atoms with Gasteiger partial charge in [-0.2, -0.15) is 0 Å². The van der Waals surface area contributed by atoms with Crippen LogP contribution < -0.4 is 21.7 Å². The van der Waals surface area contributed by atoms with Crippen molar-refractivity contribution in [2.24, 2.45) is 5.73 Å². The third-order valence-corrected chi connectivity index (χ3v) is 10.2. The first-order valence-corrected chi connectivity index (χ1v) is 18.0. The van der Waals surface area contributed by atoms with Crippen molar-refractivity contribution in [3.63, 3.8) is 0 Å². The van der Waals surface area contributed by atoms with Gasteiger partial charge in [0.05, 0.1) is 12.5 Å². The highest BCUT2D eigenvalue weighted by molar-refractivity contribution is 5.83. The van der Waals surface area contributed by atoms with Crippen LogP contribution in [0.4, 0.5) is 4.79 Å². The Balaban J connectivity index is 0.963. The fraction of sp³-hybridized carbons (Fsp3) is 0.541. The highest BCUT2D eigenvalue weighted by Gasteiger charge is 2.55. The van der Waals surface area contributed by atoms with Gasteiger partial charge in [0.1, 0.15) is 55.4 Å². The molecule has 18 nitrogen and oxygen atoms in total. The zero-order valence-electron chi connectivity index (χ0n) is 30.2. The molecule has 0 spiro atoms. The van der Waals surface area contributed by atoms with Crippen LogP contribution in [0.1, 0.15) is 50.2 Å². The minimum Gasteiger partial charge on any atom is -0.480 e. The number of aliphatic hydroxyl groups is 3. The second-order valence-corrected chi connectivity index (χ2v) is 14.5. The molecular formula is C37H46N4O14. The molecular weight excluding hydrogens is 724 g/mol. The highest BCUT2D eigenvalue weighted by atomic mass is 16.8. The molecule has 3 aliphatic heterocycles. The fourth-order valence-electron chi connectivity index (χ4n) is 7.54. The highest BCUT2D eigenvalue weighted by Crippen LogP contribution is 2.44.